The summed E-state index contributed by atoms with van der Waals surface area (Å²) in [5, 5.41) is 3.98. The predicted molar refractivity (Wildman–Crippen MR) is 96.5 cm³/mol. The number of hydrogen-bond donors (Lipinski definition) is 1. The van der Waals surface area contributed by atoms with E-state index in [1.165, 1.54) is 6.33 Å². The molecule has 2 aromatic carbocycles. The number of benzene rings is 2. The van der Waals surface area contributed by atoms with Gasteiger partial charge in [0.1, 0.15) is 12.1 Å². The lowest BCUT2D eigenvalue weighted by Crippen LogP contribution is -1.95. The molecule has 0 unspecified atom stereocenters. The first-order valence-corrected chi connectivity index (χ1v) is 7.83. The van der Waals surface area contributed by atoms with Gasteiger partial charge in [-0.3, -0.25) is 0 Å². The van der Waals surface area contributed by atoms with E-state index in [0.717, 1.165) is 33.8 Å². The summed E-state index contributed by atoms with van der Waals surface area (Å²) in [6.07, 6.45) is 3.34. The van der Waals surface area contributed by atoms with Crippen molar-refractivity contribution in [2.45, 2.75) is 0 Å². The number of hydrogen-bond acceptors (Lipinski definition) is 4. The Hall–Kier alpha value is -2.92. The van der Waals surface area contributed by atoms with Crippen LogP contribution in [0, 0.1) is 0 Å². The molecule has 0 bridgehead atoms. The first-order valence-electron chi connectivity index (χ1n) is 7.45. The standard InChI is InChI=1S/C18H14ClN5/c1-24-11-22-16-8-14(5-6-17(16)24)23-18-9-15(20-10-21-18)12-3-2-4-13(19)7-12/h2-11H,1H3,(H,20,21,23). The Balaban J connectivity index is 1.65. The lowest BCUT2D eigenvalue weighted by Gasteiger charge is -2.07. The van der Waals surface area contributed by atoms with Gasteiger partial charge < -0.3 is 9.88 Å². The zero-order valence-electron chi connectivity index (χ0n) is 12.9. The fourth-order valence-corrected chi connectivity index (χ4v) is 2.78. The minimum atomic E-state index is 0.682. The summed E-state index contributed by atoms with van der Waals surface area (Å²) in [5.41, 5.74) is 4.72. The fourth-order valence-electron chi connectivity index (χ4n) is 2.59. The first-order chi connectivity index (χ1) is 11.7. The monoisotopic (exact) mass is 335 g/mol. The number of aryl methyl sites for hydroxylation is 1. The third kappa shape index (κ3) is 2.81. The zero-order valence-corrected chi connectivity index (χ0v) is 13.7. The van der Waals surface area contributed by atoms with Crippen LogP contribution >= 0.6 is 11.6 Å². The molecule has 0 aliphatic carbocycles. The summed E-state index contributed by atoms with van der Waals surface area (Å²) < 4.78 is 1.99. The van der Waals surface area contributed by atoms with E-state index >= 15 is 0 Å². The van der Waals surface area contributed by atoms with E-state index in [9.17, 15) is 0 Å². The largest absolute Gasteiger partial charge is 0.340 e. The summed E-state index contributed by atoms with van der Waals surface area (Å²) in [6.45, 7) is 0. The topological polar surface area (TPSA) is 55.6 Å². The van der Waals surface area contributed by atoms with Gasteiger partial charge in [-0.25, -0.2) is 15.0 Å². The third-order valence-corrected chi connectivity index (χ3v) is 4.02. The van der Waals surface area contributed by atoms with Crippen LogP contribution in [-0.4, -0.2) is 19.5 Å². The molecule has 0 spiro atoms. The quantitative estimate of drug-likeness (QED) is 0.602. The van der Waals surface area contributed by atoms with Gasteiger partial charge in [-0.1, -0.05) is 23.7 Å². The lowest BCUT2D eigenvalue weighted by atomic mass is 10.1. The molecule has 0 saturated heterocycles. The SMILES string of the molecule is Cn1cnc2cc(Nc3cc(-c4cccc(Cl)c4)ncn3)ccc21. The molecule has 118 valence electrons. The Morgan fingerprint density at radius 3 is 2.79 bits per heavy atom. The number of nitrogens with zero attached hydrogens (tertiary/aromatic N) is 4. The van der Waals surface area contributed by atoms with Gasteiger partial charge >= 0.3 is 0 Å². The first kappa shape index (κ1) is 14.7. The maximum atomic E-state index is 6.05. The van der Waals surface area contributed by atoms with Gasteiger partial charge in [0.25, 0.3) is 0 Å². The van der Waals surface area contributed by atoms with Crippen LogP contribution in [-0.2, 0) is 7.05 Å². The minimum absolute atomic E-state index is 0.682. The van der Waals surface area contributed by atoms with Crippen molar-refractivity contribution in [1.82, 2.24) is 19.5 Å². The Morgan fingerprint density at radius 1 is 1.00 bits per heavy atom. The molecular weight excluding hydrogens is 322 g/mol. The summed E-state index contributed by atoms with van der Waals surface area (Å²) in [6, 6.07) is 15.5. The van der Waals surface area contributed by atoms with E-state index < -0.39 is 0 Å². The van der Waals surface area contributed by atoms with Crippen molar-refractivity contribution in [3.8, 4) is 11.3 Å². The second-order valence-electron chi connectivity index (χ2n) is 5.48. The molecule has 4 rings (SSSR count). The highest BCUT2D eigenvalue weighted by atomic mass is 35.5. The molecule has 0 radical (unpaired) electrons. The fraction of sp³-hybridized carbons (Fsp3) is 0.0556. The van der Waals surface area contributed by atoms with E-state index in [0.29, 0.717) is 5.02 Å². The molecular formula is C18H14ClN5. The van der Waals surface area contributed by atoms with Gasteiger partial charge in [0, 0.05) is 29.4 Å². The molecule has 4 aromatic rings. The Bertz CT molecular complexity index is 1020. The maximum absolute atomic E-state index is 6.05. The summed E-state index contributed by atoms with van der Waals surface area (Å²) in [5.74, 6) is 0.718. The molecule has 5 nitrogen and oxygen atoms in total. The van der Waals surface area contributed by atoms with E-state index in [1.54, 1.807) is 6.33 Å². The summed E-state index contributed by atoms with van der Waals surface area (Å²) in [4.78, 5) is 13.0. The Labute approximate surface area is 144 Å². The lowest BCUT2D eigenvalue weighted by molar-refractivity contribution is 0.948. The second-order valence-corrected chi connectivity index (χ2v) is 5.92. The number of nitrogens with one attached hydrogen (secondary N) is 1. The average Bonchev–Trinajstić information content (AvgIpc) is 2.96. The second kappa shape index (κ2) is 5.94. The van der Waals surface area contributed by atoms with Crippen molar-refractivity contribution in [3.63, 3.8) is 0 Å². The van der Waals surface area contributed by atoms with Crippen LogP contribution in [0.1, 0.15) is 0 Å². The molecule has 1 N–H and O–H groups in total. The number of rotatable bonds is 3. The van der Waals surface area contributed by atoms with Gasteiger partial charge in [0.2, 0.25) is 0 Å². The minimum Gasteiger partial charge on any atom is -0.340 e. The van der Waals surface area contributed by atoms with Crippen LogP contribution in [0.25, 0.3) is 22.3 Å². The smallest absolute Gasteiger partial charge is 0.134 e. The highest BCUT2D eigenvalue weighted by Crippen LogP contribution is 2.24. The number of aromatic nitrogens is 4. The summed E-state index contributed by atoms with van der Waals surface area (Å²) >= 11 is 6.05. The van der Waals surface area contributed by atoms with E-state index in [-0.39, 0.29) is 0 Å². The van der Waals surface area contributed by atoms with Crippen molar-refractivity contribution >= 4 is 34.1 Å². The molecule has 24 heavy (non-hydrogen) atoms. The van der Waals surface area contributed by atoms with Crippen LogP contribution in [0.5, 0.6) is 0 Å². The average molecular weight is 336 g/mol. The molecule has 0 amide bonds. The van der Waals surface area contributed by atoms with Crippen molar-refractivity contribution in [3.05, 3.63) is 66.2 Å². The number of fused-ring (bicyclic) bond motifs is 1. The normalized spacial score (nSPS) is 10.9. The van der Waals surface area contributed by atoms with Crippen LogP contribution in [0.3, 0.4) is 0 Å². The predicted octanol–water partition coefficient (Wildman–Crippen LogP) is 4.43. The molecule has 2 aromatic heterocycles. The van der Waals surface area contributed by atoms with Crippen LogP contribution in [0.2, 0.25) is 5.02 Å². The van der Waals surface area contributed by atoms with Gasteiger partial charge in [0.15, 0.2) is 0 Å². The van der Waals surface area contributed by atoms with Crippen LogP contribution < -0.4 is 5.32 Å². The molecule has 0 aliphatic rings. The zero-order chi connectivity index (χ0) is 16.5. The third-order valence-electron chi connectivity index (χ3n) is 3.79. The van der Waals surface area contributed by atoms with Crippen molar-refractivity contribution in [1.29, 1.82) is 0 Å². The highest BCUT2D eigenvalue weighted by molar-refractivity contribution is 6.30. The van der Waals surface area contributed by atoms with E-state index in [1.807, 2.05) is 60.1 Å². The highest BCUT2D eigenvalue weighted by Gasteiger charge is 2.05. The molecule has 6 heteroatoms. The molecule has 0 saturated carbocycles. The van der Waals surface area contributed by atoms with Gasteiger partial charge in [-0.05, 0) is 30.3 Å². The van der Waals surface area contributed by atoms with E-state index in [2.05, 4.69) is 20.3 Å². The van der Waals surface area contributed by atoms with E-state index in [4.69, 9.17) is 11.6 Å². The van der Waals surface area contributed by atoms with Crippen LogP contribution in [0.15, 0.2) is 61.2 Å². The Kier molecular flexibility index (Phi) is 3.63. The summed E-state index contributed by atoms with van der Waals surface area (Å²) in [7, 11) is 1.98. The molecule has 0 aliphatic heterocycles. The number of anilines is 2. The molecule has 0 atom stereocenters. The van der Waals surface area contributed by atoms with Crippen molar-refractivity contribution < 1.29 is 0 Å². The van der Waals surface area contributed by atoms with Crippen molar-refractivity contribution in [2.24, 2.45) is 7.05 Å². The van der Waals surface area contributed by atoms with Crippen molar-refractivity contribution in [2.75, 3.05) is 5.32 Å². The molecule has 0 fully saturated rings. The van der Waals surface area contributed by atoms with Gasteiger partial charge in [-0.15, -0.1) is 0 Å². The molecule has 2 heterocycles. The van der Waals surface area contributed by atoms with Gasteiger partial charge in [-0.2, -0.15) is 0 Å². The Morgan fingerprint density at radius 2 is 1.92 bits per heavy atom. The number of imidazole rings is 1. The number of halogens is 1. The van der Waals surface area contributed by atoms with Gasteiger partial charge in [0.05, 0.1) is 23.1 Å². The maximum Gasteiger partial charge on any atom is 0.134 e. The van der Waals surface area contributed by atoms with Crippen LogP contribution in [0.4, 0.5) is 11.5 Å².